The predicted molar refractivity (Wildman–Crippen MR) is 86.5 cm³/mol. The lowest BCUT2D eigenvalue weighted by atomic mass is 9.84. The Kier molecular flexibility index (Phi) is 5.68. The van der Waals surface area contributed by atoms with Crippen LogP contribution in [0.4, 0.5) is 0 Å². The van der Waals surface area contributed by atoms with E-state index in [0.717, 1.165) is 21.3 Å². The van der Waals surface area contributed by atoms with Gasteiger partial charge in [-0.2, -0.15) is 0 Å². The van der Waals surface area contributed by atoms with Gasteiger partial charge in [0, 0.05) is 0 Å². The number of halogens is 1. The molecule has 0 aliphatic carbocycles. The van der Waals surface area contributed by atoms with Crippen LogP contribution < -0.4 is 9.47 Å². The Hall–Kier alpha value is -1.23. The summed E-state index contributed by atoms with van der Waals surface area (Å²) in [6.45, 7) is 7.57. The highest BCUT2D eigenvalue weighted by Gasteiger charge is 2.30. The summed E-state index contributed by atoms with van der Waals surface area (Å²) in [5.41, 5.74) is 1.03. The first-order valence-corrected chi connectivity index (χ1v) is 7.61. The van der Waals surface area contributed by atoms with E-state index in [-0.39, 0.29) is 5.92 Å². The molecule has 5 heteroatoms. The Balaban J connectivity index is 3.48. The number of aliphatic carboxylic acids is 1. The van der Waals surface area contributed by atoms with Gasteiger partial charge in [0.05, 0.1) is 19.6 Å². The Morgan fingerprint density at radius 1 is 1.29 bits per heavy atom. The van der Waals surface area contributed by atoms with E-state index in [9.17, 15) is 9.90 Å². The molecule has 1 aromatic rings. The Morgan fingerprint density at radius 3 is 2.19 bits per heavy atom. The van der Waals surface area contributed by atoms with Crippen molar-refractivity contribution in [3.8, 4) is 11.5 Å². The van der Waals surface area contributed by atoms with Crippen LogP contribution in [0.1, 0.15) is 44.7 Å². The number of benzene rings is 1. The number of ether oxygens (including phenoxy) is 2. The van der Waals surface area contributed by atoms with Crippen LogP contribution in [0.5, 0.6) is 11.5 Å². The van der Waals surface area contributed by atoms with E-state index in [1.54, 1.807) is 28.1 Å². The second kappa shape index (κ2) is 6.69. The van der Waals surface area contributed by atoms with Gasteiger partial charge in [-0.15, -0.1) is 0 Å². The number of carbonyl (C=O) groups is 1. The van der Waals surface area contributed by atoms with Gasteiger partial charge >= 0.3 is 5.97 Å². The van der Waals surface area contributed by atoms with E-state index in [2.05, 4.69) is 29.8 Å². The van der Waals surface area contributed by atoms with Crippen molar-refractivity contribution in [3.05, 3.63) is 21.7 Å². The van der Waals surface area contributed by atoms with Crippen LogP contribution in [-0.4, -0.2) is 25.3 Å². The Morgan fingerprint density at radius 2 is 1.81 bits per heavy atom. The summed E-state index contributed by atoms with van der Waals surface area (Å²) >= 11 is 3.52. The number of hydrogen-bond acceptors (Lipinski definition) is 3. The molecule has 0 spiro atoms. The zero-order chi connectivity index (χ0) is 16.4. The molecule has 21 heavy (non-hydrogen) atoms. The van der Waals surface area contributed by atoms with Gasteiger partial charge in [0.1, 0.15) is 16.0 Å². The molecule has 0 radical (unpaired) electrons. The molecule has 0 aliphatic rings. The van der Waals surface area contributed by atoms with Crippen molar-refractivity contribution in [2.75, 3.05) is 14.2 Å². The van der Waals surface area contributed by atoms with E-state index >= 15 is 0 Å². The molecule has 0 heterocycles. The molecule has 0 fully saturated rings. The lowest BCUT2D eigenvalue weighted by Crippen LogP contribution is -2.26. The molecule has 4 nitrogen and oxygen atoms in total. The van der Waals surface area contributed by atoms with Crippen LogP contribution >= 0.6 is 15.9 Å². The topological polar surface area (TPSA) is 55.8 Å². The van der Waals surface area contributed by atoms with Gasteiger partial charge in [-0.1, -0.05) is 13.8 Å². The van der Waals surface area contributed by atoms with E-state index in [1.807, 2.05) is 6.07 Å². The monoisotopic (exact) mass is 358 g/mol. The standard InChI is InChI=1S/C16H23BrO4/c1-9(2)11-7-10(8-16(3,4)15(18)19)13(20-5)12(17)14(11)21-6/h7,9H,8H2,1-6H3,(H,18,19). The van der Waals surface area contributed by atoms with Gasteiger partial charge in [0.25, 0.3) is 0 Å². The normalized spacial score (nSPS) is 11.6. The van der Waals surface area contributed by atoms with Crippen molar-refractivity contribution >= 4 is 21.9 Å². The van der Waals surface area contributed by atoms with Crippen LogP contribution in [0.2, 0.25) is 0 Å². The quantitative estimate of drug-likeness (QED) is 0.825. The van der Waals surface area contributed by atoms with Gasteiger partial charge in [-0.25, -0.2) is 0 Å². The molecule has 1 N–H and O–H groups in total. The first kappa shape index (κ1) is 17.8. The summed E-state index contributed by atoms with van der Waals surface area (Å²) in [6, 6.07) is 1.98. The fourth-order valence-corrected chi connectivity index (χ4v) is 3.04. The zero-order valence-corrected chi connectivity index (χ0v) is 15.0. The van der Waals surface area contributed by atoms with E-state index in [1.165, 1.54) is 0 Å². The summed E-state index contributed by atoms with van der Waals surface area (Å²) in [5.74, 6) is 0.792. The molecule has 1 aromatic carbocycles. The largest absolute Gasteiger partial charge is 0.495 e. The number of hydrogen-bond donors (Lipinski definition) is 1. The van der Waals surface area contributed by atoms with Crippen molar-refractivity contribution in [2.24, 2.45) is 5.41 Å². The summed E-state index contributed by atoms with van der Waals surface area (Å²) in [7, 11) is 3.19. The van der Waals surface area contributed by atoms with Crippen molar-refractivity contribution in [3.63, 3.8) is 0 Å². The smallest absolute Gasteiger partial charge is 0.309 e. The van der Waals surface area contributed by atoms with Crippen molar-refractivity contribution in [1.82, 2.24) is 0 Å². The first-order valence-electron chi connectivity index (χ1n) is 6.82. The third-order valence-corrected chi connectivity index (χ3v) is 4.24. The number of methoxy groups -OCH3 is 2. The van der Waals surface area contributed by atoms with Crippen molar-refractivity contribution in [1.29, 1.82) is 0 Å². The maximum Gasteiger partial charge on any atom is 0.309 e. The SMILES string of the molecule is COc1c(CC(C)(C)C(=O)O)cc(C(C)C)c(OC)c1Br. The van der Waals surface area contributed by atoms with Crippen LogP contribution in [0.3, 0.4) is 0 Å². The van der Waals surface area contributed by atoms with Crippen LogP contribution in [0.15, 0.2) is 10.5 Å². The second-order valence-corrected chi connectivity index (χ2v) is 6.82. The molecule has 0 bridgehead atoms. The van der Waals surface area contributed by atoms with E-state index in [0.29, 0.717) is 12.2 Å². The van der Waals surface area contributed by atoms with Crippen molar-refractivity contribution in [2.45, 2.75) is 40.0 Å². The summed E-state index contributed by atoms with van der Waals surface area (Å²) in [4.78, 5) is 11.4. The molecular weight excluding hydrogens is 336 g/mol. The molecule has 0 atom stereocenters. The lowest BCUT2D eigenvalue weighted by molar-refractivity contribution is -0.146. The minimum atomic E-state index is -0.866. The predicted octanol–water partition coefficient (Wildman–Crippen LogP) is 4.24. The van der Waals surface area contributed by atoms with Crippen LogP contribution in [0, 0.1) is 5.41 Å². The summed E-state index contributed by atoms with van der Waals surface area (Å²) < 4.78 is 11.7. The fourth-order valence-electron chi connectivity index (χ4n) is 2.23. The Bertz CT molecular complexity index is 536. The van der Waals surface area contributed by atoms with Crippen molar-refractivity contribution < 1.29 is 19.4 Å². The maximum absolute atomic E-state index is 11.4. The number of rotatable bonds is 6. The van der Waals surface area contributed by atoms with Gasteiger partial charge in [-0.3, -0.25) is 4.79 Å². The van der Waals surface area contributed by atoms with Crippen LogP contribution in [-0.2, 0) is 11.2 Å². The van der Waals surface area contributed by atoms with E-state index in [4.69, 9.17) is 9.47 Å². The molecular formula is C16H23BrO4. The number of carboxylic acid groups (broad SMARTS) is 1. The summed E-state index contributed by atoms with van der Waals surface area (Å²) in [5, 5.41) is 9.34. The van der Waals surface area contributed by atoms with Gasteiger partial charge in [0.2, 0.25) is 0 Å². The molecule has 1 rings (SSSR count). The highest BCUT2D eigenvalue weighted by molar-refractivity contribution is 9.10. The highest BCUT2D eigenvalue weighted by atomic mass is 79.9. The minimum Gasteiger partial charge on any atom is -0.495 e. The fraction of sp³-hybridized carbons (Fsp3) is 0.562. The van der Waals surface area contributed by atoms with Gasteiger partial charge in [-0.05, 0) is 59.3 Å². The van der Waals surface area contributed by atoms with Crippen LogP contribution in [0.25, 0.3) is 0 Å². The molecule has 118 valence electrons. The summed E-state index contributed by atoms with van der Waals surface area (Å²) in [6.07, 6.45) is 0.383. The average molecular weight is 359 g/mol. The molecule has 0 aromatic heterocycles. The van der Waals surface area contributed by atoms with Gasteiger partial charge in [0.15, 0.2) is 0 Å². The first-order chi connectivity index (χ1) is 9.65. The highest BCUT2D eigenvalue weighted by Crippen LogP contribution is 2.44. The molecule has 0 saturated heterocycles. The van der Waals surface area contributed by atoms with E-state index < -0.39 is 11.4 Å². The molecule has 0 saturated carbocycles. The third-order valence-electron chi connectivity index (χ3n) is 3.52. The third kappa shape index (κ3) is 3.70. The molecule has 0 aliphatic heterocycles. The Labute approximate surface area is 134 Å². The molecule has 0 unspecified atom stereocenters. The number of carboxylic acids is 1. The van der Waals surface area contributed by atoms with Gasteiger partial charge < -0.3 is 14.6 Å². The lowest BCUT2D eigenvalue weighted by Gasteiger charge is -2.24. The molecule has 0 amide bonds. The zero-order valence-electron chi connectivity index (χ0n) is 13.4. The maximum atomic E-state index is 11.4. The second-order valence-electron chi connectivity index (χ2n) is 6.03. The minimum absolute atomic E-state index is 0.258. The average Bonchev–Trinajstić information content (AvgIpc) is 2.37.